The molecule has 1 saturated heterocycles. The molecule has 1 aromatic carbocycles. The minimum Gasteiger partial charge on any atom is -0.381 e. The maximum atomic E-state index is 13.0. The summed E-state index contributed by atoms with van der Waals surface area (Å²) in [4.78, 5) is 17.5. The largest absolute Gasteiger partial charge is 0.381 e. The molecule has 0 saturated carbocycles. The highest BCUT2D eigenvalue weighted by Gasteiger charge is 2.28. The van der Waals surface area contributed by atoms with Gasteiger partial charge in [-0.1, -0.05) is 23.7 Å². The Morgan fingerprint density at radius 2 is 1.88 bits per heavy atom. The molecule has 1 unspecified atom stereocenters. The van der Waals surface area contributed by atoms with Gasteiger partial charge in [0.1, 0.15) is 11.6 Å². The molecule has 6 nitrogen and oxygen atoms in total. The summed E-state index contributed by atoms with van der Waals surface area (Å²) in [6.07, 6.45) is 4.26. The number of aromatic nitrogens is 4. The smallest absolute Gasteiger partial charge is 0.279 e. The van der Waals surface area contributed by atoms with E-state index in [4.69, 9.17) is 21.4 Å². The van der Waals surface area contributed by atoms with Gasteiger partial charge >= 0.3 is 0 Å². The number of hydrogen-bond acceptors (Lipinski definition) is 4. The maximum Gasteiger partial charge on any atom is 0.279 e. The van der Waals surface area contributed by atoms with Crippen molar-refractivity contribution >= 4 is 17.1 Å². The molecule has 2 aromatic heterocycles. The predicted octanol–water partition coefficient (Wildman–Crippen LogP) is 2.78. The van der Waals surface area contributed by atoms with Crippen molar-refractivity contribution in [2.75, 3.05) is 13.2 Å². The van der Waals surface area contributed by atoms with E-state index < -0.39 is 0 Å². The van der Waals surface area contributed by atoms with Crippen molar-refractivity contribution in [3.8, 4) is 0 Å². The molecule has 1 atom stereocenters. The highest BCUT2D eigenvalue weighted by molar-refractivity contribution is 6.30. The lowest BCUT2D eigenvalue weighted by Crippen LogP contribution is -2.25. The van der Waals surface area contributed by atoms with Crippen LogP contribution in [0.15, 0.2) is 35.3 Å². The summed E-state index contributed by atoms with van der Waals surface area (Å²) in [5.74, 6) is 2.27. The van der Waals surface area contributed by atoms with E-state index >= 15 is 0 Å². The number of rotatable bonds is 2. The Morgan fingerprint density at radius 1 is 1.12 bits per heavy atom. The van der Waals surface area contributed by atoms with Crippen molar-refractivity contribution < 1.29 is 4.74 Å². The molecule has 134 valence electrons. The fourth-order valence-corrected chi connectivity index (χ4v) is 4.20. The fourth-order valence-electron chi connectivity index (χ4n) is 4.07. The molecule has 0 bridgehead atoms. The minimum atomic E-state index is -0.00253. The summed E-state index contributed by atoms with van der Waals surface area (Å²) in [5, 5.41) is 5.52. The Balaban J connectivity index is 1.54. The Labute approximate surface area is 155 Å². The third-order valence-corrected chi connectivity index (χ3v) is 5.77. The Bertz CT molecular complexity index is 1020. The van der Waals surface area contributed by atoms with Crippen molar-refractivity contribution in [3.63, 3.8) is 0 Å². The van der Waals surface area contributed by atoms with Gasteiger partial charge in [0, 0.05) is 43.0 Å². The van der Waals surface area contributed by atoms with Gasteiger partial charge in [-0.05, 0) is 30.5 Å². The monoisotopic (exact) mass is 370 g/mol. The van der Waals surface area contributed by atoms with Gasteiger partial charge in [-0.25, -0.2) is 9.50 Å². The first-order valence-electron chi connectivity index (χ1n) is 9.01. The fraction of sp³-hybridized carbons (Fsp3) is 0.421. The van der Waals surface area contributed by atoms with Gasteiger partial charge in [0.05, 0.1) is 6.20 Å². The summed E-state index contributed by atoms with van der Waals surface area (Å²) < 4.78 is 9.01. The number of halogens is 1. The van der Waals surface area contributed by atoms with Crippen molar-refractivity contribution in [2.24, 2.45) is 0 Å². The Hall–Kier alpha value is -2.18. The molecule has 5 rings (SSSR count). The lowest BCUT2D eigenvalue weighted by atomic mass is 9.98. The quantitative estimate of drug-likeness (QED) is 0.696. The molecule has 0 spiro atoms. The molecular formula is C19H19ClN4O2. The van der Waals surface area contributed by atoms with Gasteiger partial charge in [-0.3, -0.25) is 9.36 Å². The lowest BCUT2D eigenvalue weighted by molar-refractivity contribution is 0.0832. The number of nitrogens with zero attached hydrogens (tertiary/aromatic N) is 4. The average molecular weight is 371 g/mol. The van der Waals surface area contributed by atoms with E-state index in [2.05, 4.69) is 4.98 Å². The van der Waals surface area contributed by atoms with E-state index in [0.29, 0.717) is 18.0 Å². The molecule has 26 heavy (non-hydrogen) atoms. The molecule has 7 heteroatoms. The van der Waals surface area contributed by atoms with Crippen LogP contribution in [0, 0.1) is 0 Å². The average Bonchev–Trinajstić information content (AvgIpc) is 3.28. The normalized spacial score (nSPS) is 20.6. The molecule has 0 aliphatic carbocycles. The zero-order valence-electron chi connectivity index (χ0n) is 14.3. The highest BCUT2D eigenvalue weighted by atomic mass is 35.5. The maximum absolute atomic E-state index is 13.0. The molecule has 2 aliphatic heterocycles. The molecule has 0 amide bonds. The molecule has 1 fully saturated rings. The van der Waals surface area contributed by atoms with Crippen LogP contribution in [0.25, 0.3) is 5.52 Å². The summed E-state index contributed by atoms with van der Waals surface area (Å²) in [5.41, 5.74) is 1.75. The highest BCUT2D eigenvalue weighted by Crippen LogP contribution is 2.30. The Morgan fingerprint density at radius 3 is 2.65 bits per heavy atom. The van der Waals surface area contributed by atoms with E-state index in [-0.39, 0.29) is 11.5 Å². The molecule has 4 heterocycles. The topological polar surface area (TPSA) is 61.4 Å². The van der Waals surface area contributed by atoms with Crippen molar-refractivity contribution in [3.05, 3.63) is 63.1 Å². The molecule has 2 aliphatic rings. The van der Waals surface area contributed by atoms with Gasteiger partial charge < -0.3 is 4.74 Å². The summed E-state index contributed by atoms with van der Waals surface area (Å²) in [6.45, 7) is 2.13. The summed E-state index contributed by atoms with van der Waals surface area (Å²) in [7, 11) is 0. The van der Waals surface area contributed by atoms with Crippen LogP contribution in [0.2, 0.25) is 5.02 Å². The molecule has 3 aromatic rings. The molecule has 0 N–H and O–H groups in total. The van der Waals surface area contributed by atoms with Crippen molar-refractivity contribution in [1.29, 1.82) is 0 Å². The van der Waals surface area contributed by atoms with Gasteiger partial charge in [-0.15, -0.1) is 0 Å². The predicted molar refractivity (Wildman–Crippen MR) is 97.9 cm³/mol. The number of fused-ring (bicyclic) bond motifs is 2. The van der Waals surface area contributed by atoms with Crippen LogP contribution in [0.4, 0.5) is 0 Å². The molecular weight excluding hydrogens is 352 g/mol. The van der Waals surface area contributed by atoms with Crippen LogP contribution < -0.4 is 5.56 Å². The van der Waals surface area contributed by atoms with Crippen LogP contribution in [0.5, 0.6) is 0 Å². The Kier molecular flexibility index (Phi) is 3.83. The van der Waals surface area contributed by atoms with Crippen molar-refractivity contribution in [2.45, 2.75) is 37.6 Å². The van der Waals surface area contributed by atoms with Gasteiger partial charge in [0.15, 0.2) is 5.52 Å². The SMILES string of the molecule is O=c1c2cnc(C3CCOCC3)n2nc2n1CC(c1ccc(Cl)cc1)C2. The van der Waals surface area contributed by atoms with Gasteiger partial charge in [0.25, 0.3) is 5.56 Å². The van der Waals surface area contributed by atoms with E-state index in [1.165, 1.54) is 5.56 Å². The molecule has 0 radical (unpaired) electrons. The lowest BCUT2D eigenvalue weighted by Gasteiger charge is -2.20. The second-order valence-corrected chi connectivity index (χ2v) is 7.52. The number of ether oxygens (including phenoxy) is 1. The standard InChI is InChI=1S/C19H19ClN4O2/c20-15-3-1-12(2-4-15)14-9-17-22-24-16(19(25)23(17)11-14)10-21-18(24)13-5-7-26-8-6-13/h1-4,10,13-14H,5-9,11H2. The van der Waals surface area contributed by atoms with E-state index in [9.17, 15) is 4.79 Å². The first kappa shape index (κ1) is 16.0. The van der Waals surface area contributed by atoms with Gasteiger partial charge in [0.2, 0.25) is 0 Å². The van der Waals surface area contributed by atoms with E-state index in [0.717, 1.165) is 49.1 Å². The zero-order valence-corrected chi connectivity index (χ0v) is 15.0. The van der Waals surface area contributed by atoms with E-state index in [1.54, 1.807) is 15.3 Å². The second-order valence-electron chi connectivity index (χ2n) is 7.08. The second kappa shape index (κ2) is 6.21. The number of imidazole rings is 1. The first-order valence-corrected chi connectivity index (χ1v) is 9.39. The van der Waals surface area contributed by atoms with Crippen LogP contribution in [0.3, 0.4) is 0 Å². The van der Waals surface area contributed by atoms with Crippen LogP contribution in [-0.2, 0) is 17.7 Å². The minimum absolute atomic E-state index is 0.00253. The van der Waals surface area contributed by atoms with Crippen LogP contribution in [-0.4, -0.2) is 32.4 Å². The van der Waals surface area contributed by atoms with Crippen LogP contribution >= 0.6 is 11.6 Å². The summed E-state index contributed by atoms with van der Waals surface area (Å²) >= 11 is 5.99. The zero-order chi connectivity index (χ0) is 17.7. The number of benzene rings is 1. The van der Waals surface area contributed by atoms with Crippen LogP contribution in [0.1, 0.15) is 41.9 Å². The first-order chi connectivity index (χ1) is 12.7. The van der Waals surface area contributed by atoms with Gasteiger partial charge in [-0.2, -0.15) is 5.10 Å². The summed E-state index contributed by atoms with van der Waals surface area (Å²) in [6, 6.07) is 7.86. The third-order valence-electron chi connectivity index (χ3n) is 5.52. The van der Waals surface area contributed by atoms with E-state index in [1.807, 2.05) is 24.3 Å². The third kappa shape index (κ3) is 2.56. The van der Waals surface area contributed by atoms with Crippen molar-refractivity contribution in [1.82, 2.24) is 19.2 Å². The number of hydrogen-bond donors (Lipinski definition) is 0.